The quantitative estimate of drug-likeness (QED) is 0.811. The summed E-state index contributed by atoms with van der Waals surface area (Å²) in [6.07, 6.45) is 7.70. The second-order valence-corrected chi connectivity index (χ2v) is 6.32. The topological polar surface area (TPSA) is 73.4 Å². The molecular formula is C16H22N4O2. The first-order valence-electron chi connectivity index (χ1n) is 7.95. The standard InChI is InChI=1S/C16H22N4O2/c1-22-11-4-2-10(3-5-11)16(21)20-9-13-12-6-7-17-15(12)18-8-14(13)19-20/h6-8,10-11,16,19,21H,2-5,9H2,1H3,(H,17,18). The molecule has 1 fully saturated rings. The summed E-state index contributed by atoms with van der Waals surface area (Å²) < 4.78 is 5.41. The molecule has 0 radical (unpaired) electrons. The summed E-state index contributed by atoms with van der Waals surface area (Å²) >= 11 is 0. The molecule has 2 aromatic rings. The average molecular weight is 302 g/mol. The van der Waals surface area contributed by atoms with Crippen LogP contribution in [0.15, 0.2) is 18.5 Å². The van der Waals surface area contributed by atoms with Gasteiger partial charge in [0.2, 0.25) is 0 Å². The molecule has 1 atom stereocenters. The third-order valence-electron chi connectivity index (χ3n) is 5.08. The molecule has 0 aromatic carbocycles. The first kappa shape index (κ1) is 14.0. The molecule has 4 rings (SSSR count). The highest BCUT2D eigenvalue weighted by molar-refractivity contribution is 5.85. The van der Waals surface area contributed by atoms with Crippen molar-refractivity contribution in [2.45, 2.75) is 44.6 Å². The number of ether oxygens (including phenoxy) is 1. The maximum Gasteiger partial charge on any atom is 0.137 e. The van der Waals surface area contributed by atoms with Crippen molar-refractivity contribution in [2.24, 2.45) is 5.92 Å². The summed E-state index contributed by atoms with van der Waals surface area (Å²) in [6, 6.07) is 2.04. The number of hydrogen-bond acceptors (Lipinski definition) is 5. The third-order valence-corrected chi connectivity index (χ3v) is 5.08. The lowest BCUT2D eigenvalue weighted by molar-refractivity contribution is -0.0537. The predicted octanol–water partition coefficient (Wildman–Crippen LogP) is 2.23. The fraction of sp³-hybridized carbons (Fsp3) is 0.562. The van der Waals surface area contributed by atoms with E-state index in [1.54, 1.807) is 7.11 Å². The second kappa shape index (κ2) is 5.53. The largest absolute Gasteiger partial charge is 0.381 e. The van der Waals surface area contributed by atoms with Crippen LogP contribution in [-0.2, 0) is 11.3 Å². The molecule has 1 saturated carbocycles. The van der Waals surface area contributed by atoms with Gasteiger partial charge in [-0.15, -0.1) is 0 Å². The molecule has 2 aromatic heterocycles. The highest BCUT2D eigenvalue weighted by atomic mass is 16.5. The molecule has 3 heterocycles. The van der Waals surface area contributed by atoms with E-state index in [9.17, 15) is 5.11 Å². The fourth-order valence-corrected chi connectivity index (χ4v) is 3.73. The Balaban J connectivity index is 1.48. The maximum atomic E-state index is 10.7. The number of anilines is 1. The van der Waals surface area contributed by atoms with Gasteiger partial charge in [0.05, 0.1) is 18.0 Å². The van der Waals surface area contributed by atoms with Crippen LogP contribution in [0, 0.1) is 5.92 Å². The average Bonchev–Trinajstić information content (AvgIpc) is 3.19. The van der Waals surface area contributed by atoms with Crippen molar-refractivity contribution in [1.82, 2.24) is 15.0 Å². The van der Waals surface area contributed by atoms with Crippen molar-refractivity contribution in [3.05, 3.63) is 24.0 Å². The van der Waals surface area contributed by atoms with E-state index in [2.05, 4.69) is 15.4 Å². The number of aromatic amines is 1. The van der Waals surface area contributed by atoms with Crippen molar-refractivity contribution in [3.63, 3.8) is 0 Å². The molecule has 3 N–H and O–H groups in total. The molecule has 0 saturated heterocycles. The SMILES string of the molecule is COC1CCC(C(O)N2Cc3c(cnc4[nH]ccc34)N2)CC1. The summed E-state index contributed by atoms with van der Waals surface area (Å²) in [5.74, 6) is 0.294. The summed E-state index contributed by atoms with van der Waals surface area (Å²) in [4.78, 5) is 7.53. The van der Waals surface area contributed by atoms with Gasteiger partial charge in [-0.3, -0.25) is 0 Å². The van der Waals surface area contributed by atoms with E-state index in [1.807, 2.05) is 23.5 Å². The second-order valence-electron chi connectivity index (χ2n) is 6.32. The van der Waals surface area contributed by atoms with E-state index < -0.39 is 6.23 Å². The lowest BCUT2D eigenvalue weighted by atomic mass is 9.86. The minimum atomic E-state index is -0.473. The van der Waals surface area contributed by atoms with Gasteiger partial charge >= 0.3 is 0 Å². The van der Waals surface area contributed by atoms with Crippen LogP contribution in [0.2, 0.25) is 0 Å². The number of hydrazine groups is 1. The number of nitrogens with one attached hydrogen (secondary N) is 2. The van der Waals surface area contributed by atoms with Gasteiger partial charge in [0, 0.05) is 36.7 Å². The van der Waals surface area contributed by atoms with Crippen LogP contribution in [0.1, 0.15) is 31.2 Å². The molecule has 0 spiro atoms. The zero-order valence-electron chi connectivity index (χ0n) is 12.7. The summed E-state index contributed by atoms with van der Waals surface area (Å²) in [6.45, 7) is 0.706. The number of pyridine rings is 1. The van der Waals surface area contributed by atoms with Gasteiger partial charge in [-0.25, -0.2) is 4.98 Å². The number of aromatic nitrogens is 2. The Morgan fingerprint density at radius 2 is 2.18 bits per heavy atom. The van der Waals surface area contributed by atoms with Crippen molar-refractivity contribution in [1.29, 1.82) is 0 Å². The Kier molecular flexibility index (Phi) is 3.52. The number of nitrogens with zero attached hydrogens (tertiary/aromatic N) is 2. The van der Waals surface area contributed by atoms with Crippen LogP contribution in [0.25, 0.3) is 11.0 Å². The summed E-state index contributed by atoms with van der Waals surface area (Å²) in [7, 11) is 1.77. The normalized spacial score (nSPS) is 26.8. The first-order valence-corrected chi connectivity index (χ1v) is 7.95. The molecule has 22 heavy (non-hydrogen) atoms. The van der Waals surface area contributed by atoms with Crippen molar-refractivity contribution >= 4 is 16.7 Å². The molecule has 1 unspecified atom stereocenters. The predicted molar refractivity (Wildman–Crippen MR) is 84.0 cm³/mol. The Morgan fingerprint density at radius 3 is 2.95 bits per heavy atom. The summed E-state index contributed by atoms with van der Waals surface area (Å²) in [5.41, 5.74) is 6.42. The number of aliphatic hydroxyl groups excluding tert-OH is 1. The lowest BCUT2D eigenvalue weighted by Gasteiger charge is -2.34. The van der Waals surface area contributed by atoms with Crippen LogP contribution in [0.4, 0.5) is 5.69 Å². The van der Waals surface area contributed by atoms with Crippen LogP contribution in [0.3, 0.4) is 0 Å². The van der Waals surface area contributed by atoms with Gasteiger partial charge in [-0.2, -0.15) is 5.01 Å². The lowest BCUT2D eigenvalue weighted by Crippen LogP contribution is -2.42. The van der Waals surface area contributed by atoms with Crippen LogP contribution < -0.4 is 5.43 Å². The van der Waals surface area contributed by atoms with E-state index >= 15 is 0 Å². The molecular weight excluding hydrogens is 280 g/mol. The van der Waals surface area contributed by atoms with E-state index in [-0.39, 0.29) is 0 Å². The molecule has 118 valence electrons. The van der Waals surface area contributed by atoms with Gasteiger partial charge in [0.1, 0.15) is 11.9 Å². The molecule has 2 aliphatic rings. The first-order chi connectivity index (χ1) is 10.8. The van der Waals surface area contributed by atoms with Gasteiger partial charge in [0.25, 0.3) is 0 Å². The van der Waals surface area contributed by atoms with E-state index in [1.165, 1.54) is 5.56 Å². The van der Waals surface area contributed by atoms with Crippen LogP contribution >= 0.6 is 0 Å². The fourth-order valence-electron chi connectivity index (χ4n) is 3.73. The smallest absolute Gasteiger partial charge is 0.137 e. The Bertz CT molecular complexity index is 663. The Hall–Kier alpha value is -1.63. The van der Waals surface area contributed by atoms with Crippen molar-refractivity contribution in [3.8, 4) is 0 Å². The highest BCUT2D eigenvalue weighted by Gasteiger charge is 2.33. The number of rotatable bonds is 3. The van der Waals surface area contributed by atoms with Crippen LogP contribution in [-0.4, -0.2) is 39.5 Å². The highest BCUT2D eigenvalue weighted by Crippen LogP contribution is 2.35. The Morgan fingerprint density at radius 1 is 1.36 bits per heavy atom. The van der Waals surface area contributed by atoms with E-state index in [4.69, 9.17) is 4.74 Å². The summed E-state index contributed by atoms with van der Waals surface area (Å²) in [5, 5.41) is 13.8. The molecule has 1 aliphatic carbocycles. The molecule has 1 aliphatic heterocycles. The molecule has 0 amide bonds. The van der Waals surface area contributed by atoms with Gasteiger partial charge in [-0.1, -0.05) is 0 Å². The van der Waals surface area contributed by atoms with Crippen molar-refractivity contribution < 1.29 is 9.84 Å². The van der Waals surface area contributed by atoms with E-state index in [0.717, 1.165) is 42.4 Å². The monoisotopic (exact) mass is 302 g/mol. The number of H-pyrrole nitrogens is 1. The number of aliphatic hydroxyl groups is 1. The van der Waals surface area contributed by atoms with Gasteiger partial charge in [-0.05, 0) is 31.7 Å². The maximum absolute atomic E-state index is 10.7. The zero-order chi connectivity index (χ0) is 15.1. The number of methoxy groups -OCH3 is 1. The Labute approximate surface area is 129 Å². The zero-order valence-corrected chi connectivity index (χ0v) is 12.7. The van der Waals surface area contributed by atoms with E-state index in [0.29, 0.717) is 18.6 Å². The minimum Gasteiger partial charge on any atom is -0.381 e. The van der Waals surface area contributed by atoms with Gasteiger partial charge < -0.3 is 20.3 Å². The minimum absolute atomic E-state index is 0.294. The third kappa shape index (κ3) is 2.27. The van der Waals surface area contributed by atoms with Crippen LogP contribution in [0.5, 0.6) is 0 Å². The number of hydrogen-bond donors (Lipinski definition) is 3. The molecule has 6 nitrogen and oxygen atoms in total. The molecule has 0 bridgehead atoms. The van der Waals surface area contributed by atoms with Gasteiger partial charge in [0.15, 0.2) is 0 Å². The van der Waals surface area contributed by atoms with Crippen molar-refractivity contribution in [2.75, 3.05) is 12.5 Å². The number of fused-ring (bicyclic) bond motifs is 3. The molecule has 6 heteroatoms.